The average Bonchev–Trinajstić information content (AvgIpc) is 2.36. The van der Waals surface area contributed by atoms with Gasteiger partial charge in [0.15, 0.2) is 0 Å². The second-order valence-corrected chi connectivity index (χ2v) is 4.27. The van der Waals surface area contributed by atoms with Crippen LogP contribution >= 0.6 is 0 Å². The Morgan fingerprint density at radius 1 is 1.29 bits per heavy atom. The minimum absolute atomic E-state index is 0.0626. The summed E-state index contributed by atoms with van der Waals surface area (Å²) in [5.74, 6) is -0.316. The number of hydrogen-bond donors (Lipinski definition) is 1. The third-order valence-electron chi connectivity index (χ3n) is 3.14. The van der Waals surface area contributed by atoms with Crippen LogP contribution in [0.5, 0.6) is 0 Å². The van der Waals surface area contributed by atoms with Crippen molar-refractivity contribution in [1.29, 1.82) is 0 Å². The molecule has 2 N–H and O–H groups in total. The zero-order chi connectivity index (χ0) is 13.5. The second-order valence-electron chi connectivity index (χ2n) is 4.27. The summed E-state index contributed by atoms with van der Waals surface area (Å²) >= 11 is 0. The third-order valence-corrected chi connectivity index (χ3v) is 3.14. The lowest BCUT2D eigenvalue weighted by molar-refractivity contribution is -0.141. The van der Waals surface area contributed by atoms with E-state index in [0.717, 1.165) is 0 Å². The van der Waals surface area contributed by atoms with Crippen molar-refractivity contribution in [3.05, 3.63) is 0 Å². The second kappa shape index (κ2) is 7.27. The van der Waals surface area contributed by atoms with E-state index in [-0.39, 0.29) is 11.9 Å². The zero-order valence-electron chi connectivity index (χ0n) is 11.3. The van der Waals surface area contributed by atoms with Gasteiger partial charge in [-0.25, -0.2) is 0 Å². The van der Waals surface area contributed by atoms with E-state index in [1.54, 1.807) is 11.9 Å². The summed E-state index contributed by atoms with van der Waals surface area (Å²) < 4.78 is 4.54. The van der Waals surface area contributed by atoms with E-state index < -0.39 is 5.54 Å². The molecule has 0 aromatic carbocycles. The molecule has 0 aliphatic rings. The van der Waals surface area contributed by atoms with Crippen LogP contribution in [0.1, 0.15) is 39.5 Å². The van der Waals surface area contributed by atoms with Crippen molar-refractivity contribution in [2.24, 2.45) is 5.73 Å². The predicted octanol–water partition coefficient (Wildman–Crippen LogP) is 0.915. The van der Waals surface area contributed by atoms with Gasteiger partial charge in [0.25, 0.3) is 0 Å². The van der Waals surface area contributed by atoms with E-state index in [2.05, 4.69) is 4.74 Å². The average molecular weight is 244 g/mol. The van der Waals surface area contributed by atoms with E-state index in [1.807, 2.05) is 13.8 Å². The van der Waals surface area contributed by atoms with Crippen LogP contribution in [0.15, 0.2) is 0 Å². The van der Waals surface area contributed by atoms with Gasteiger partial charge in [0, 0.05) is 20.0 Å². The van der Waals surface area contributed by atoms with Crippen LogP contribution in [0.3, 0.4) is 0 Å². The van der Waals surface area contributed by atoms with Crippen LogP contribution in [0.4, 0.5) is 0 Å². The van der Waals surface area contributed by atoms with Crippen molar-refractivity contribution in [2.75, 3.05) is 20.7 Å². The molecule has 0 radical (unpaired) electrons. The first-order valence-electron chi connectivity index (χ1n) is 6.02. The Balaban J connectivity index is 4.18. The zero-order valence-corrected chi connectivity index (χ0v) is 11.3. The van der Waals surface area contributed by atoms with Gasteiger partial charge in [-0.05, 0) is 19.3 Å². The summed E-state index contributed by atoms with van der Waals surface area (Å²) in [5, 5.41) is 0. The lowest BCUT2D eigenvalue weighted by Crippen LogP contribution is -2.53. The molecule has 0 aromatic heterocycles. The maximum atomic E-state index is 12.1. The van der Waals surface area contributed by atoms with E-state index in [4.69, 9.17) is 5.73 Å². The molecule has 0 aliphatic heterocycles. The minimum Gasteiger partial charge on any atom is -0.469 e. The molecule has 100 valence electrons. The number of nitrogens with two attached hydrogens (primary N) is 1. The lowest BCUT2D eigenvalue weighted by Gasteiger charge is -2.30. The van der Waals surface area contributed by atoms with Crippen LogP contribution in [-0.2, 0) is 14.3 Å². The molecule has 0 saturated heterocycles. The molecule has 0 bridgehead atoms. The number of carbonyl (C=O) groups is 2. The van der Waals surface area contributed by atoms with Crippen molar-refractivity contribution < 1.29 is 14.3 Å². The third kappa shape index (κ3) is 4.73. The minimum atomic E-state index is -0.778. The van der Waals surface area contributed by atoms with Crippen molar-refractivity contribution >= 4 is 11.9 Å². The maximum absolute atomic E-state index is 12.1. The quantitative estimate of drug-likeness (QED) is 0.676. The molecule has 17 heavy (non-hydrogen) atoms. The molecule has 1 amide bonds. The van der Waals surface area contributed by atoms with Crippen LogP contribution in [0, 0.1) is 0 Å². The van der Waals surface area contributed by atoms with E-state index in [1.165, 1.54) is 7.11 Å². The van der Waals surface area contributed by atoms with Crippen LogP contribution in [0.25, 0.3) is 0 Å². The first-order chi connectivity index (χ1) is 7.91. The fourth-order valence-corrected chi connectivity index (χ4v) is 1.60. The first kappa shape index (κ1) is 15.9. The molecule has 0 saturated carbocycles. The fourth-order valence-electron chi connectivity index (χ4n) is 1.60. The number of ether oxygens (including phenoxy) is 1. The van der Waals surface area contributed by atoms with Gasteiger partial charge < -0.3 is 15.4 Å². The monoisotopic (exact) mass is 244 g/mol. The summed E-state index contributed by atoms with van der Waals surface area (Å²) in [6, 6.07) is 0. The number of nitrogens with zero attached hydrogens (tertiary/aromatic N) is 1. The number of carbonyl (C=O) groups excluding carboxylic acids is 2. The highest BCUT2D eigenvalue weighted by Gasteiger charge is 2.32. The smallest absolute Gasteiger partial charge is 0.305 e. The number of esters is 1. The van der Waals surface area contributed by atoms with E-state index in [9.17, 15) is 9.59 Å². The molecular formula is C12H24N2O3. The number of amides is 1. The normalized spacial score (nSPS) is 11.1. The van der Waals surface area contributed by atoms with Gasteiger partial charge in [0.2, 0.25) is 5.91 Å². The van der Waals surface area contributed by atoms with Crippen molar-refractivity contribution in [3.8, 4) is 0 Å². The van der Waals surface area contributed by atoms with Gasteiger partial charge in [-0.2, -0.15) is 0 Å². The molecule has 0 spiro atoms. The largest absolute Gasteiger partial charge is 0.469 e. The Bertz CT molecular complexity index is 262. The Morgan fingerprint density at radius 2 is 1.82 bits per heavy atom. The molecule has 0 fully saturated rings. The van der Waals surface area contributed by atoms with Crippen molar-refractivity contribution in [2.45, 2.75) is 45.1 Å². The van der Waals surface area contributed by atoms with Crippen molar-refractivity contribution in [1.82, 2.24) is 4.90 Å². The first-order valence-corrected chi connectivity index (χ1v) is 6.02. The van der Waals surface area contributed by atoms with Gasteiger partial charge in [0.05, 0.1) is 12.6 Å². The Hall–Kier alpha value is -1.10. The number of methoxy groups -OCH3 is 1. The molecule has 5 heteroatoms. The highest BCUT2D eigenvalue weighted by atomic mass is 16.5. The van der Waals surface area contributed by atoms with Gasteiger partial charge in [-0.1, -0.05) is 13.8 Å². The molecule has 0 unspecified atom stereocenters. The van der Waals surface area contributed by atoms with Crippen LogP contribution in [-0.4, -0.2) is 43.0 Å². The fraction of sp³-hybridized carbons (Fsp3) is 0.833. The van der Waals surface area contributed by atoms with Gasteiger partial charge in [-0.15, -0.1) is 0 Å². The summed E-state index contributed by atoms with van der Waals surface area (Å²) in [7, 11) is 3.07. The predicted molar refractivity (Wildman–Crippen MR) is 66.4 cm³/mol. The highest BCUT2D eigenvalue weighted by Crippen LogP contribution is 2.14. The van der Waals surface area contributed by atoms with Gasteiger partial charge >= 0.3 is 5.97 Å². The van der Waals surface area contributed by atoms with E-state index in [0.29, 0.717) is 32.2 Å². The van der Waals surface area contributed by atoms with E-state index >= 15 is 0 Å². The summed E-state index contributed by atoms with van der Waals surface area (Å²) in [6.45, 7) is 4.33. The summed E-state index contributed by atoms with van der Waals surface area (Å²) in [5.41, 5.74) is 5.24. The molecule has 5 nitrogen and oxygen atoms in total. The van der Waals surface area contributed by atoms with Gasteiger partial charge in [0.1, 0.15) is 0 Å². The molecule has 0 heterocycles. The number of likely N-dealkylation sites (N-methyl/N-ethyl adjacent to an activating group) is 1. The standard InChI is InChI=1S/C12H24N2O3/c1-5-12(13,6-2)11(16)14(3)9-7-8-10(15)17-4/h5-9,13H2,1-4H3. The molecule has 0 aromatic rings. The number of rotatable bonds is 7. The molecular weight excluding hydrogens is 220 g/mol. The summed E-state index contributed by atoms with van der Waals surface area (Å²) in [4.78, 5) is 24.6. The lowest BCUT2D eigenvalue weighted by atomic mass is 9.92. The maximum Gasteiger partial charge on any atom is 0.305 e. The van der Waals surface area contributed by atoms with Crippen LogP contribution in [0.2, 0.25) is 0 Å². The highest BCUT2D eigenvalue weighted by molar-refractivity contribution is 5.85. The summed E-state index contributed by atoms with van der Waals surface area (Å²) in [6.07, 6.45) is 2.15. The van der Waals surface area contributed by atoms with Gasteiger partial charge in [-0.3, -0.25) is 9.59 Å². The Labute approximate surface area is 103 Å². The SMILES string of the molecule is CCC(N)(CC)C(=O)N(C)CCCC(=O)OC. The topological polar surface area (TPSA) is 72.6 Å². The van der Waals surface area contributed by atoms with Crippen LogP contribution < -0.4 is 5.73 Å². The molecule has 0 aliphatic carbocycles. The molecule has 0 atom stereocenters. The Morgan fingerprint density at radius 3 is 2.24 bits per heavy atom. The molecule has 0 rings (SSSR count). The van der Waals surface area contributed by atoms with Crippen molar-refractivity contribution in [3.63, 3.8) is 0 Å². The number of hydrogen-bond acceptors (Lipinski definition) is 4. The Kier molecular flexibility index (Phi) is 6.80.